The molecule has 0 saturated carbocycles. The summed E-state index contributed by atoms with van der Waals surface area (Å²) in [5, 5.41) is 5.94. The van der Waals surface area contributed by atoms with Crippen molar-refractivity contribution < 1.29 is 0 Å². The van der Waals surface area contributed by atoms with E-state index in [0.717, 1.165) is 38.8 Å². The molecule has 1 aliphatic carbocycles. The lowest BCUT2D eigenvalue weighted by Gasteiger charge is -2.24. The first-order valence-corrected chi connectivity index (χ1v) is 16.5. The van der Waals surface area contributed by atoms with Crippen molar-refractivity contribution in [1.29, 1.82) is 0 Å². The maximum Gasteiger partial charge on any atom is 0.235 e. The summed E-state index contributed by atoms with van der Waals surface area (Å²) >= 11 is 0. The van der Waals surface area contributed by atoms with E-state index in [1.54, 1.807) is 0 Å². The molecule has 48 heavy (non-hydrogen) atoms. The van der Waals surface area contributed by atoms with E-state index in [1.807, 2.05) is 12.4 Å². The standard InChI is InChI=1S/C44H30N4/c1-44(2)35-23-24-45-26-34(35)38-30-17-6-7-18-31(30)39-33-20-9-11-22-37(33)48(42(39)40(38)44)43-46-36-21-10-8-19-32(36)41(47-43)29-16-12-15-28(25-29)27-13-4-3-5-14-27/h3-26H,1-2H3. The largest absolute Gasteiger partial charge is 0.278 e. The second-order valence-corrected chi connectivity index (χ2v) is 13.3. The van der Waals surface area contributed by atoms with E-state index < -0.39 is 0 Å². The molecule has 0 spiro atoms. The second-order valence-electron chi connectivity index (χ2n) is 13.3. The predicted molar refractivity (Wildman–Crippen MR) is 198 cm³/mol. The van der Waals surface area contributed by atoms with Gasteiger partial charge in [-0.25, -0.2) is 9.97 Å². The average Bonchev–Trinajstić information content (AvgIpc) is 3.61. The van der Waals surface area contributed by atoms with Crippen LogP contribution in [0.3, 0.4) is 0 Å². The number of nitrogens with zero attached hydrogens (tertiary/aromatic N) is 4. The minimum Gasteiger partial charge on any atom is -0.278 e. The molecule has 0 aliphatic heterocycles. The molecule has 0 saturated heterocycles. The molecule has 9 aromatic rings. The minimum absolute atomic E-state index is 0.272. The van der Waals surface area contributed by atoms with Crippen molar-refractivity contribution in [2.24, 2.45) is 0 Å². The summed E-state index contributed by atoms with van der Waals surface area (Å²) < 4.78 is 2.33. The molecule has 1 aliphatic rings. The fourth-order valence-electron chi connectivity index (χ4n) is 8.15. The van der Waals surface area contributed by atoms with Crippen LogP contribution in [-0.4, -0.2) is 19.5 Å². The van der Waals surface area contributed by atoms with Crippen molar-refractivity contribution >= 4 is 43.5 Å². The molecule has 0 fully saturated rings. The van der Waals surface area contributed by atoms with E-state index in [1.165, 1.54) is 49.4 Å². The van der Waals surface area contributed by atoms with E-state index in [0.29, 0.717) is 5.95 Å². The van der Waals surface area contributed by atoms with Crippen LogP contribution in [0.25, 0.3) is 82.9 Å². The van der Waals surface area contributed by atoms with Gasteiger partial charge >= 0.3 is 0 Å². The Kier molecular flexibility index (Phi) is 5.59. The van der Waals surface area contributed by atoms with Crippen LogP contribution in [0.15, 0.2) is 146 Å². The van der Waals surface area contributed by atoms with E-state index >= 15 is 0 Å². The first kappa shape index (κ1) is 27.0. The highest BCUT2D eigenvalue weighted by Crippen LogP contribution is 2.56. The quantitative estimate of drug-likeness (QED) is 0.199. The van der Waals surface area contributed by atoms with E-state index in [-0.39, 0.29) is 5.41 Å². The summed E-state index contributed by atoms with van der Waals surface area (Å²) in [6.45, 7) is 4.69. The van der Waals surface area contributed by atoms with Crippen molar-refractivity contribution in [2.45, 2.75) is 19.3 Å². The number of aromatic nitrogens is 4. The summed E-state index contributed by atoms with van der Waals surface area (Å²) in [5.74, 6) is 0.669. The summed E-state index contributed by atoms with van der Waals surface area (Å²) in [4.78, 5) is 15.4. The van der Waals surface area contributed by atoms with E-state index in [9.17, 15) is 0 Å². The van der Waals surface area contributed by atoms with Crippen LogP contribution in [0.5, 0.6) is 0 Å². The van der Waals surface area contributed by atoms with Gasteiger partial charge in [-0.3, -0.25) is 9.55 Å². The molecule has 3 aromatic heterocycles. The number of hydrogen-bond donors (Lipinski definition) is 0. The predicted octanol–water partition coefficient (Wildman–Crippen LogP) is 10.9. The number of fused-ring (bicyclic) bond motifs is 11. The van der Waals surface area contributed by atoms with Crippen LogP contribution in [0.1, 0.15) is 25.0 Å². The molecular weight excluding hydrogens is 585 g/mol. The maximum absolute atomic E-state index is 5.49. The molecule has 3 heterocycles. The lowest BCUT2D eigenvalue weighted by Crippen LogP contribution is -2.17. The molecule has 0 atom stereocenters. The molecule has 0 bridgehead atoms. The maximum atomic E-state index is 5.49. The summed E-state index contributed by atoms with van der Waals surface area (Å²) in [6, 6.07) is 47.3. The fraction of sp³-hybridized carbons (Fsp3) is 0.0682. The molecule has 10 rings (SSSR count). The van der Waals surface area contributed by atoms with Gasteiger partial charge in [0.05, 0.1) is 22.2 Å². The van der Waals surface area contributed by atoms with Gasteiger partial charge in [-0.05, 0) is 62.9 Å². The highest BCUT2D eigenvalue weighted by Gasteiger charge is 2.40. The Morgan fingerprint density at radius 1 is 0.583 bits per heavy atom. The van der Waals surface area contributed by atoms with Gasteiger partial charge in [-0.2, -0.15) is 0 Å². The lowest BCUT2D eigenvalue weighted by atomic mass is 9.81. The first-order chi connectivity index (χ1) is 23.6. The van der Waals surface area contributed by atoms with Crippen molar-refractivity contribution in [3.63, 3.8) is 0 Å². The lowest BCUT2D eigenvalue weighted by molar-refractivity contribution is 0.663. The van der Waals surface area contributed by atoms with Crippen LogP contribution in [0.2, 0.25) is 0 Å². The number of benzene rings is 6. The molecule has 0 radical (unpaired) electrons. The second kappa shape index (κ2) is 9.93. The third-order valence-corrected chi connectivity index (χ3v) is 10.3. The van der Waals surface area contributed by atoms with Crippen LogP contribution in [0.4, 0.5) is 0 Å². The van der Waals surface area contributed by atoms with Crippen molar-refractivity contribution in [1.82, 2.24) is 19.5 Å². The average molecular weight is 615 g/mol. The SMILES string of the molecule is CC1(C)c2ccncc2-c2c1c1c(c3ccccc23)c2ccccc2n1-c1nc(-c2cccc(-c3ccccc3)c2)c2ccccc2n1. The third-order valence-electron chi connectivity index (χ3n) is 10.3. The van der Waals surface area contributed by atoms with Crippen molar-refractivity contribution in [3.8, 4) is 39.5 Å². The Labute approximate surface area is 278 Å². The number of hydrogen-bond acceptors (Lipinski definition) is 3. The van der Waals surface area contributed by atoms with Gasteiger partial charge in [0.1, 0.15) is 0 Å². The highest BCUT2D eigenvalue weighted by atomic mass is 15.2. The molecule has 0 amide bonds. The Morgan fingerprint density at radius 3 is 2.12 bits per heavy atom. The van der Waals surface area contributed by atoms with Gasteiger partial charge in [0, 0.05) is 45.1 Å². The van der Waals surface area contributed by atoms with Crippen LogP contribution < -0.4 is 0 Å². The number of pyridine rings is 1. The molecule has 0 N–H and O–H groups in total. The topological polar surface area (TPSA) is 43.6 Å². The molecule has 4 nitrogen and oxygen atoms in total. The van der Waals surface area contributed by atoms with Gasteiger partial charge in [0.2, 0.25) is 5.95 Å². The summed E-state index contributed by atoms with van der Waals surface area (Å²) in [7, 11) is 0. The molecule has 6 aromatic carbocycles. The Balaban J connectivity index is 1.36. The summed E-state index contributed by atoms with van der Waals surface area (Å²) in [5.41, 5.74) is 12.3. The van der Waals surface area contributed by atoms with Crippen LogP contribution in [0, 0.1) is 0 Å². The van der Waals surface area contributed by atoms with Crippen molar-refractivity contribution in [3.05, 3.63) is 157 Å². The molecule has 0 unspecified atom stereocenters. The first-order valence-electron chi connectivity index (χ1n) is 16.5. The summed E-state index contributed by atoms with van der Waals surface area (Å²) in [6.07, 6.45) is 3.96. The normalized spacial score (nSPS) is 13.4. The Hall–Kier alpha value is -6.13. The van der Waals surface area contributed by atoms with Crippen LogP contribution >= 0.6 is 0 Å². The minimum atomic E-state index is -0.272. The third kappa shape index (κ3) is 3.68. The fourth-order valence-corrected chi connectivity index (χ4v) is 8.15. The zero-order valence-corrected chi connectivity index (χ0v) is 26.6. The number of rotatable bonds is 3. The van der Waals surface area contributed by atoms with Crippen LogP contribution in [-0.2, 0) is 5.41 Å². The smallest absolute Gasteiger partial charge is 0.235 e. The zero-order valence-electron chi connectivity index (χ0n) is 26.6. The Bertz CT molecular complexity index is 2760. The molecular formula is C44H30N4. The molecule has 4 heteroatoms. The Morgan fingerprint density at radius 2 is 1.27 bits per heavy atom. The highest BCUT2D eigenvalue weighted by molar-refractivity contribution is 6.26. The van der Waals surface area contributed by atoms with Crippen molar-refractivity contribution in [2.75, 3.05) is 0 Å². The van der Waals surface area contributed by atoms with Gasteiger partial charge in [-0.1, -0.05) is 123 Å². The van der Waals surface area contributed by atoms with E-state index in [4.69, 9.17) is 9.97 Å². The molecule has 226 valence electrons. The van der Waals surface area contributed by atoms with Gasteiger partial charge in [0.25, 0.3) is 0 Å². The number of para-hydroxylation sites is 2. The zero-order chi connectivity index (χ0) is 32.0. The van der Waals surface area contributed by atoms with Gasteiger partial charge in [-0.15, -0.1) is 0 Å². The van der Waals surface area contributed by atoms with Gasteiger partial charge in [0.15, 0.2) is 0 Å². The van der Waals surface area contributed by atoms with Gasteiger partial charge < -0.3 is 0 Å². The monoisotopic (exact) mass is 614 g/mol. The van der Waals surface area contributed by atoms with E-state index in [2.05, 4.69) is 157 Å².